The van der Waals surface area contributed by atoms with Crippen LogP contribution in [-0.4, -0.2) is 23.8 Å². The molecular weight excluding hydrogens is 416 g/mol. The van der Waals surface area contributed by atoms with Gasteiger partial charge in [-0.15, -0.1) is 0 Å². The molecule has 0 aliphatic rings. The van der Waals surface area contributed by atoms with Gasteiger partial charge in [0.2, 0.25) is 5.78 Å². The first kappa shape index (κ1) is 24.0. The highest BCUT2D eigenvalue weighted by molar-refractivity contribution is 6.42. The van der Waals surface area contributed by atoms with Gasteiger partial charge in [-0.25, -0.2) is 0 Å². The molecule has 0 aliphatic carbocycles. The molecule has 1 N–H and O–H groups in total. The van der Waals surface area contributed by atoms with E-state index in [1.54, 1.807) is 43.8 Å². The SMILES string of the molecule is COc1cc(C(C)NC(=O)C(=O)c2ccc(C(C)(C)C)cc2)ccc1OCc1ccncc1. The van der Waals surface area contributed by atoms with Crippen LogP contribution in [0.15, 0.2) is 67.0 Å². The van der Waals surface area contributed by atoms with E-state index in [2.05, 4.69) is 31.1 Å². The van der Waals surface area contributed by atoms with E-state index < -0.39 is 17.7 Å². The Bertz CT molecular complexity index is 1100. The van der Waals surface area contributed by atoms with Crippen molar-refractivity contribution in [1.82, 2.24) is 10.3 Å². The van der Waals surface area contributed by atoms with Gasteiger partial charge in [0.25, 0.3) is 5.91 Å². The molecule has 1 amide bonds. The van der Waals surface area contributed by atoms with Crippen LogP contribution in [0.5, 0.6) is 11.5 Å². The lowest BCUT2D eigenvalue weighted by atomic mass is 9.86. The molecule has 0 saturated carbocycles. The zero-order valence-electron chi connectivity index (χ0n) is 19.7. The highest BCUT2D eigenvalue weighted by Gasteiger charge is 2.21. The molecule has 1 atom stereocenters. The average molecular weight is 447 g/mol. The van der Waals surface area contributed by atoms with Crippen molar-refractivity contribution in [3.8, 4) is 11.5 Å². The van der Waals surface area contributed by atoms with Crippen molar-refractivity contribution in [2.24, 2.45) is 0 Å². The van der Waals surface area contributed by atoms with E-state index in [9.17, 15) is 9.59 Å². The van der Waals surface area contributed by atoms with Gasteiger partial charge in [0.15, 0.2) is 11.5 Å². The number of ether oxygens (including phenoxy) is 2. The second-order valence-corrected chi connectivity index (χ2v) is 8.91. The van der Waals surface area contributed by atoms with Crippen LogP contribution in [0.1, 0.15) is 60.8 Å². The summed E-state index contributed by atoms with van der Waals surface area (Å²) >= 11 is 0. The van der Waals surface area contributed by atoms with E-state index in [1.165, 1.54) is 0 Å². The summed E-state index contributed by atoms with van der Waals surface area (Å²) in [5.74, 6) is -0.0760. The monoisotopic (exact) mass is 446 g/mol. The average Bonchev–Trinajstić information content (AvgIpc) is 2.82. The van der Waals surface area contributed by atoms with Crippen LogP contribution in [0.4, 0.5) is 0 Å². The lowest BCUT2D eigenvalue weighted by Gasteiger charge is -2.19. The zero-order valence-corrected chi connectivity index (χ0v) is 19.7. The third-order valence-electron chi connectivity index (χ3n) is 5.40. The third-order valence-corrected chi connectivity index (χ3v) is 5.40. The topological polar surface area (TPSA) is 77.5 Å². The highest BCUT2D eigenvalue weighted by Crippen LogP contribution is 2.31. The Morgan fingerprint density at radius 1 is 0.970 bits per heavy atom. The van der Waals surface area contributed by atoms with Crippen LogP contribution in [0, 0.1) is 0 Å². The van der Waals surface area contributed by atoms with Gasteiger partial charge < -0.3 is 14.8 Å². The van der Waals surface area contributed by atoms with E-state index in [0.29, 0.717) is 23.7 Å². The summed E-state index contributed by atoms with van der Waals surface area (Å²) in [5, 5.41) is 2.78. The quantitative estimate of drug-likeness (QED) is 0.388. The van der Waals surface area contributed by atoms with Crippen molar-refractivity contribution in [3.63, 3.8) is 0 Å². The summed E-state index contributed by atoms with van der Waals surface area (Å²) in [7, 11) is 1.56. The number of benzene rings is 2. The fourth-order valence-corrected chi connectivity index (χ4v) is 3.31. The molecule has 0 fully saturated rings. The maximum absolute atomic E-state index is 12.6. The van der Waals surface area contributed by atoms with Crippen molar-refractivity contribution in [3.05, 3.63) is 89.2 Å². The molecule has 0 bridgehead atoms. The fraction of sp³-hybridized carbons (Fsp3) is 0.296. The number of carbonyl (C=O) groups excluding carboxylic acids is 2. The van der Waals surface area contributed by atoms with Gasteiger partial charge in [-0.05, 0) is 53.3 Å². The molecule has 2 aromatic carbocycles. The Labute approximate surface area is 195 Å². The van der Waals surface area contributed by atoms with E-state index in [0.717, 1.165) is 16.7 Å². The summed E-state index contributed by atoms with van der Waals surface area (Å²) < 4.78 is 11.3. The molecule has 3 aromatic rings. The van der Waals surface area contributed by atoms with Crippen LogP contribution in [-0.2, 0) is 16.8 Å². The normalized spacial score (nSPS) is 12.0. The second-order valence-electron chi connectivity index (χ2n) is 8.91. The first-order valence-electron chi connectivity index (χ1n) is 10.8. The number of aromatic nitrogens is 1. The summed E-state index contributed by atoms with van der Waals surface area (Å²) in [5.41, 5.74) is 3.24. The van der Waals surface area contributed by atoms with Gasteiger partial charge in [0.05, 0.1) is 13.2 Å². The van der Waals surface area contributed by atoms with E-state index in [4.69, 9.17) is 9.47 Å². The van der Waals surface area contributed by atoms with Crippen LogP contribution in [0.2, 0.25) is 0 Å². The van der Waals surface area contributed by atoms with Crippen molar-refractivity contribution in [1.29, 1.82) is 0 Å². The molecule has 0 radical (unpaired) electrons. The molecule has 1 unspecified atom stereocenters. The van der Waals surface area contributed by atoms with Gasteiger partial charge in [-0.1, -0.05) is 51.1 Å². The highest BCUT2D eigenvalue weighted by atomic mass is 16.5. The first-order valence-corrected chi connectivity index (χ1v) is 10.8. The van der Waals surface area contributed by atoms with Gasteiger partial charge in [0, 0.05) is 18.0 Å². The van der Waals surface area contributed by atoms with Crippen LogP contribution >= 0.6 is 0 Å². The minimum absolute atomic E-state index is 0.0222. The molecule has 1 heterocycles. The molecule has 0 saturated heterocycles. The number of amides is 1. The van der Waals surface area contributed by atoms with E-state index in [1.807, 2.05) is 37.3 Å². The lowest BCUT2D eigenvalue weighted by molar-refractivity contribution is -0.117. The molecule has 172 valence electrons. The van der Waals surface area contributed by atoms with Crippen LogP contribution in [0.3, 0.4) is 0 Å². The summed E-state index contributed by atoms with van der Waals surface area (Å²) in [6, 6.07) is 16.0. The Kier molecular flexibility index (Phi) is 7.48. The standard InChI is InChI=1S/C27H30N2O4/c1-18(29-26(31)25(30)20-6-9-22(10-7-20)27(2,3)4)21-8-11-23(24(16-21)32-5)33-17-19-12-14-28-15-13-19/h6-16,18H,17H2,1-5H3,(H,29,31). The van der Waals surface area contributed by atoms with Crippen LogP contribution < -0.4 is 14.8 Å². The minimum atomic E-state index is -0.650. The smallest absolute Gasteiger partial charge is 0.292 e. The van der Waals surface area contributed by atoms with Crippen LogP contribution in [0.25, 0.3) is 0 Å². The Balaban J connectivity index is 1.65. The molecule has 3 rings (SSSR count). The summed E-state index contributed by atoms with van der Waals surface area (Å²) in [6.45, 7) is 8.50. The maximum atomic E-state index is 12.6. The fourth-order valence-electron chi connectivity index (χ4n) is 3.31. The lowest BCUT2D eigenvalue weighted by Crippen LogP contribution is -2.33. The van der Waals surface area contributed by atoms with E-state index in [-0.39, 0.29) is 5.41 Å². The number of ketones is 1. The molecule has 0 aliphatic heterocycles. The Hall–Kier alpha value is -3.67. The van der Waals surface area contributed by atoms with Gasteiger partial charge in [-0.2, -0.15) is 0 Å². The van der Waals surface area contributed by atoms with Crippen molar-refractivity contribution in [2.45, 2.75) is 45.8 Å². The van der Waals surface area contributed by atoms with E-state index >= 15 is 0 Å². The number of methoxy groups -OCH3 is 1. The Morgan fingerprint density at radius 3 is 2.24 bits per heavy atom. The van der Waals surface area contributed by atoms with Crippen molar-refractivity contribution >= 4 is 11.7 Å². The third kappa shape index (κ3) is 6.19. The number of nitrogens with one attached hydrogen (secondary N) is 1. The van der Waals surface area contributed by atoms with Crippen molar-refractivity contribution < 1.29 is 19.1 Å². The number of pyridine rings is 1. The molecule has 1 aromatic heterocycles. The number of rotatable bonds is 8. The molecule has 33 heavy (non-hydrogen) atoms. The number of carbonyl (C=O) groups is 2. The molecule has 0 spiro atoms. The minimum Gasteiger partial charge on any atom is -0.493 e. The number of hydrogen-bond donors (Lipinski definition) is 1. The van der Waals surface area contributed by atoms with Gasteiger partial charge in [-0.3, -0.25) is 14.6 Å². The molecule has 6 nitrogen and oxygen atoms in total. The van der Waals surface area contributed by atoms with Gasteiger partial charge in [0.1, 0.15) is 6.61 Å². The second kappa shape index (κ2) is 10.3. The number of hydrogen-bond acceptors (Lipinski definition) is 5. The Morgan fingerprint density at radius 2 is 1.64 bits per heavy atom. The summed E-state index contributed by atoms with van der Waals surface area (Å²) in [4.78, 5) is 29.2. The maximum Gasteiger partial charge on any atom is 0.292 e. The number of Topliss-reactive ketones (excluding diaryl/α,β-unsaturated/α-hetero) is 1. The molecule has 6 heteroatoms. The number of nitrogens with zero attached hydrogens (tertiary/aromatic N) is 1. The predicted octanol–water partition coefficient (Wildman–Crippen LogP) is 5.03. The van der Waals surface area contributed by atoms with Gasteiger partial charge >= 0.3 is 0 Å². The van der Waals surface area contributed by atoms with Crippen molar-refractivity contribution in [2.75, 3.05) is 7.11 Å². The summed E-state index contributed by atoms with van der Waals surface area (Å²) in [6.07, 6.45) is 3.42. The first-order chi connectivity index (χ1) is 15.7. The zero-order chi connectivity index (χ0) is 24.0. The molecular formula is C27H30N2O4. The largest absolute Gasteiger partial charge is 0.493 e. The predicted molar refractivity (Wildman–Crippen MR) is 128 cm³/mol.